The van der Waals surface area contributed by atoms with Crippen molar-refractivity contribution in [3.05, 3.63) is 42.8 Å². The van der Waals surface area contributed by atoms with E-state index in [0.717, 1.165) is 35.5 Å². The fourth-order valence-corrected chi connectivity index (χ4v) is 6.38. The quantitative estimate of drug-likeness (QED) is 0.136. The average molecular weight is 574 g/mol. The fourth-order valence-electron chi connectivity index (χ4n) is 6.38. The molecule has 0 aliphatic carbocycles. The minimum absolute atomic E-state index is 0. The van der Waals surface area contributed by atoms with Crippen LogP contribution in [0, 0.1) is 49.0 Å². The van der Waals surface area contributed by atoms with E-state index in [1.807, 2.05) is 0 Å². The second-order valence-corrected chi connectivity index (χ2v) is 11.6. The molecule has 36 heavy (non-hydrogen) atoms. The Balaban J connectivity index is 0. The first-order valence-corrected chi connectivity index (χ1v) is 15.4. The van der Waals surface area contributed by atoms with E-state index in [1.165, 1.54) is 89.9 Å². The van der Waals surface area contributed by atoms with Crippen LogP contribution in [0.15, 0.2) is 18.2 Å². The van der Waals surface area contributed by atoms with Gasteiger partial charge in [-0.3, -0.25) is 0 Å². The van der Waals surface area contributed by atoms with Crippen molar-refractivity contribution >= 4 is 0 Å². The molecule has 209 valence electrons. The van der Waals surface area contributed by atoms with Crippen molar-refractivity contribution in [3.8, 4) is 0 Å². The smallest absolute Gasteiger partial charge is 0 e. The molecule has 0 saturated heterocycles. The van der Waals surface area contributed by atoms with Crippen LogP contribution in [0.3, 0.4) is 0 Å². The molecule has 1 radical (unpaired) electrons. The molecule has 0 aliphatic rings. The van der Waals surface area contributed by atoms with E-state index in [0.29, 0.717) is 0 Å². The summed E-state index contributed by atoms with van der Waals surface area (Å²) in [5.74, 6) is 5.19. The molecule has 0 unspecified atom stereocenters. The molecule has 0 aliphatic heterocycles. The van der Waals surface area contributed by atoms with Crippen LogP contribution >= 0.6 is 0 Å². The molecule has 0 fully saturated rings. The zero-order valence-electron chi connectivity index (χ0n) is 26.2. The second kappa shape index (κ2) is 23.2. The Morgan fingerprint density at radius 1 is 0.472 bits per heavy atom. The monoisotopic (exact) mass is 573 g/mol. The number of benzene rings is 1. The first kappa shape index (κ1) is 38.5. The van der Waals surface area contributed by atoms with Crippen LogP contribution < -0.4 is 0 Å². The van der Waals surface area contributed by atoms with Gasteiger partial charge in [-0.05, 0) is 61.2 Å². The van der Waals surface area contributed by atoms with E-state index in [9.17, 15) is 0 Å². The van der Waals surface area contributed by atoms with Crippen LogP contribution in [0.4, 0.5) is 0 Å². The molecule has 1 rings (SSSR count). The van der Waals surface area contributed by atoms with Crippen LogP contribution in [0.1, 0.15) is 144 Å². The predicted molar refractivity (Wildman–Crippen MR) is 161 cm³/mol. The summed E-state index contributed by atoms with van der Waals surface area (Å²) in [4.78, 5) is 0. The molecule has 1 aromatic carbocycles. The Morgan fingerprint density at radius 2 is 0.722 bits per heavy atom. The van der Waals surface area contributed by atoms with Crippen LogP contribution in [0.25, 0.3) is 0 Å². The molecule has 0 heterocycles. The van der Waals surface area contributed by atoms with E-state index in [4.69, 9.17) is 0 Å². The Kier molecular flexibility index (Phi) is 24.8. The van der Waals surface area contributed by atoms with Crippen LogP contribution in [0.2, 0.25) is 0 Å². The maximum atomic E-state index is 3.57. The van der Waals surface area contributed by atoms with Gasteiger partial charge in [0.1, 0.15) is 0 Å². The standard InChI is InChI=1S/C34H61.CH3.Y/c1-9-27(10-2)20-33(21-28(11-3)12-4)25-31-18-17-19-32(24-31)26-34(22-29(13-5)14-6)23-30(15-7)16-8;;/h18-19,24,27-30,33-34H,9-16,20-23,25-26H2,1-8H3;1H3;/q2*-1;. The number of hydrogen-bond donors (Lipinski definition) is 0. The summed E-state index contributed by atoms with van der Waals surface area (Å²) in [5, 5.41) is 0. The van der Waals surface area contributed by atoms with E-state index in [2.05, 4.69) is 79.7 Å². The molecule has 0 amide bonds. The summed E-state index contributed by atoms with van der Waals surface area (Å²) in [6.45, 7) is 19.1. The van der Waals surface area contributed by atoms with Gasteiger partial charge in [-0.15, -0.1) is 0 Å². The molecule has 0 saturated carbocycles. The van der Waals surface area contributed by atoms with Crippen molar-refractivity contribution in [3.63, 3.8) is 0 Å². The maximum absolute atomic E-state index is 3.57. The second-order valence-electron chi connectivity index (χ2n) is 11.6. The first-order valence-electron chi connectivity index (χ1n) is 15.4. The Labute approximate surface area is 254 Å². The topological polar surface area (TPSA) is 0 Å². The fraction of sp³-hybridized carbons (Fsp3) is 0.800. The summed E-state index contributed by atoms with van der Waals surface area (Å²) < 4.78 is 0. The zero-order chi connectivity index (χ0) is 25.3. The van der Waals surface area contributed by atoms with Crippen molar-refractivity contribution in [2.75, 3.05) is 0 Å². The van der Waals surface area contributed by atoms with Crippen molar-refractivity contribution in [1.29, 1.82) is 0 Å². The van der Waals surface area contributed by atoms with Gasteiger partial charge in [-0.25, -0.2) is 0 Å². The van der Waals surface area contributed by atoms with Crippen LogP contribution in [-0.2, 0) is 45.6 Å². The predicted octanol–water partition coefficient (Wildman–Crippen LogP) is 11.6. The average Bonchev–Trinajstić information content (AvgIpc) is 2.87. The molecule has 0 spiro atoms. The van der Waals surface area contributed by atoms with E-state index in [1.54, 1.807) is 11.1 Å². The van der Waals surface area contributed by atoms with Crippen molar-refractivity contribution < 1.29 is 32.7 Å². The van der Waals surface area contributed by atoms with Gasteiger partial charge in [0, 0.05) is 32.7 Å². The summed E-state index contributed by atoms with van der Waals surface area (Å²) in [5.41, 5.74) is 3.09. The third-order valence-electron chi connectivity index (χ3n) is 9.24. The minimum atomic E-state index is 0. The van der Waals surface area contributed by atoms with Gasteiger partial charge in [0.2, 0.25) is 0 Å². The van der Waals surface area contributed by atoms with Gasteiger partial charge >= 0.3 is 0 Å². The first-order chi connectivity index (χ1) is 16.5. The van der Waals surface area contributed by atoms with Crippen molar-refractivity contribution in [2.45, 2.75) is 145 Å². The number of hydrogen-bond acceptors (Lipinski definition) is 0. The molecule has 1 heteroatoms. The van der Waals surface area contributed by atoms with Gasteiger partial charge in [-0.2, -0.15) is 35.4 Å². The normalized spacial score (nSPS) is 11.7. The number of rotatable bonds is 20. The summed E-state index contributed by atoms with van der Waals surface area (Å²) in [6, 6.07) is 10.7. The molecule has 0 bridgehead atoms. The Bertz CT molecular complexity index is 515. The maximum Gasteiger partial charge on any atom is 0 e. The van der Waals surface area contributed by atoms with Crippen LogP contribution in [0.5, 0.6) is 0 Å². The van der Waals surface area contributed by atoms with Gasteiger partial charge in [0.25, 0.3) is 0 Å². The molecule has 0 atom stereocenters. The third-order valence-corrected chi connectivity index (χ3v) is 9.24. The molecule has 0 nitrogen and oxygen atoms in total. The van der Waals surface area contributed by atoms with E-state index < -0.39 is 0 Å². The van der Waals surface area contributed by atoms with Crippen LogP contribution in [-0.4, -0.2) is 0 Å². The van der Waals surface area contributed by atoms with Gasteiger partial charge < -0.3 is 7.43 Å². The van der Waals surface area contributed by atoms with E-state index in [-0.39, 0.29) is 40.1 Å². The molecule has 0 aromatic heterocycles. The summed E-state index contributed by atoms with van der Waals surface area (Å²) >= 11 is 0. The minimum Gasteiger partial charge on any atom is -0.358 e. The summed E-state index contributed by atoms with van der Waals surface area (Å²) in [6.07, 6.45) is 18.7. The Hall–Kier alpha value is 0.324. The molecular formula is C35H64Y-2. The zero-order valence-corrected chi connectivity index (χ0v) is 29.0. The SMILES string of the molecule is CCC(CC)CC(Cc1c[c-]cc(CC(CC(CC)CC)CC(CC)CC)c1)CC(CC)CC.[CH3-].[Y]. The van der Waals surface area contributed by atoms with Gasteiger partial charge in [-0.1, -0.05) is 120 Å². The molecular weight excluding hydrogens is 509 g/mol. The van der Waals surface area contributed by atoms with Gasteiger partial charge in [0.05, 0.1) is 0 Å². The Morgan fingerprint density at radius 3 is 0.944 bits per heavy atom. The van der Waals surface area contributed by atoms with Crippen molar-refractivity contribution in [1.82, 2.24) is 0 Å². The summed E-state index contributed by atoms with van der Waals surface area (Å²) in [7, 11) is 0. The van der Waals surface area contributed by atoms with Crippen molar-refractivity contribution in [2.24, 2.45) is 35.5 Å². The van der Waals surface area contributed by atoms with Gasteiger partial charge in [0.15, 0.2) is 0 Å². The molecule has 1 aromatic rings. The largest absolute Gasteiger partial charge is 0.358 e. The third kappa shape index (κ3) is 15.1. The molecule has 0 N–H and O–H groups in total. The van der Waals surface area contributed by atoms with E-state index >= 15 is 0 Å².